The highest BCUT2D eigenvalue weighted by atomic mass is 35.5. The van der Waals surface area contributed by atoms with Crippen LogP contribution in [0.3, 0.4) is 0 Å². The van der Waals surface area contributed by atoms with Crippen LogP contribution in [0.4, 0.5) is 0 Å². The largest absolute Gasteiger partial charge is 0.342 e. The van der Waals surface area contributed by atoms with Crippen molar-refractivity contribution in [2.24, 2.45) is 17.8 Å². The molecule has 0 N–H and O–H groups in total. The molecular weight excluding hydrogens is 324 g/mol. The average molecular weight is 347 g/mol. The number of fused-ring (bicyclic) bond motifs is 1. The number of likely N-dealkylation sites (tertiary alicyclic amines) is 1. The minimum absolute atomic E-state index is 0.0934. The summed E-state index contributed by atoms with van der Waals surface area (Å²) in [6.07, 6.45) is 1.46. The molecule has 2 amide bonds. The molecular formula is C19H23ClN2O2. The molecule has 2 aliphatic carbocycles. The van der Waals surface area contributed by atoms with E-state index < -0.39 is 0 Å². The van der Waals surface area contributed by atoms with Crippen LogP contribution in [0, 0.1) is 17.8 Å². The van der Waals surface area contributed by atoms with Gasteiger partial charge in [-0.1, -0.05) is 36.7 Å². The first kappa shape index (κ1) is 15.9. The second-order valence-electron chi connectivity index (χ2n) is 7.39. The molecule has 1 aliphatic heterocycles. The van der Waals surface area contributed by atoms with Crippen LogP contribution in [0.2, 0.25) is 5.02 Å². The lowest BCUT2D eigenvalue weighted by atomic mass is 10.1. The molecule has 0 radical (unpaired) electrons. The topological polar surface area (TPSA) is 40.6 Å². The average Bonchev–Trinajstić information content (AvgIpc) is 3.48. The Morgan fingerprint density at radius 2 is 1.92 bits per heavy atom. The SMILES string of the molecule is CCC(=O)N(C)C1[C@H]2CN(C(=O)[C@@H]3C[C@H]3c3ccccc3Cl)C[C@@H]12. The molecule has 2 saturated carbocycles. The van der Waals surface area contributed by atoms with Crippen molar-refractivity contribution in [3.8, 4) is 0 Å². The third-order valence-corrected chi connectivity index (χ3v) is 6.36. The lowest BCUT2D eigenvalue weighted by Gasteiger charge is -2.24. The zero-order valence-electron chi connectivity index (χ0n) is 14.1. The van der Waals surface area contributed by atoms with Crippen LogP contribution in [0.5, 0.6) is 0 Å². The van der Waals surface area contributed by atoms with Gasteiger partial charge in [0.05, 0.1) is 0 Å². The van der Waals surface area contributed by atoms with Crippen LogP contribution in [0.25, 0.3) is 0 Å². The van der Waals surface area contributed by atoms with Crippen molar-refractivity contribution >= 4 is 23.4 Å². The van der Waals surface area contributed by atoms with Crippen molar-refractivity contribution in [2.75, 3.05) is 20.1 Å². The predicted octanol–water partition coefficient (Wildman–Crippen LogP) is 2.77. The van der Waals surface area contributed by atoms with E-state index >= 15 is 0 Å². The lowest BCUT2D eigenvalue weighted by molar-refractivity contribution is -0.133. The Balaban J connectivity index is 1.34. The van der Waals surface area contributed by atoms with Gasteiger partial charge in [-0.2, -0.15) is 0 Å². The van der Waals surface area contributed by atoms with Gasteiger partial charge in [-0.25, -0.2) is 0 Å². The Kier molecular flexibility index (Phi) is 3.83. The van der Waals surface area contributed by atoms with E-state index in [1.807, 2.05) is 48.0 Å². The van der Waals surface area contributed by atoms with Gasteiger partial charge < -0.3 is 9.80 Å². The summed E-state index contributed by atoms with van der Waals surface area (Å²) in [5.41, 5.74) is 1.10. The molecule has 24 heavy (non-hydrogen) atoms. The molecule has 1 aromatic rings. The fourth-order valence-corrected chi connectivity index (χ4v) is 4.76. The van der Waals surface area contributed by atoms with Crippen molar-refractivity contribution in [3.63, 3.8) is 0 Å². The Morgan fingerprint density at radius 3 is 2.54 bits per heavy atom. The van der Waals surface area contributed by atoms with Gasteiger partial charge in [-0.3, -0.25) is 9.59 Å². The Hall–Kier alpha value is -1.55. The minimum atomic E-state index is 0.0934. The van der Waals surface area contributed by atoms with Gasteiger partial charge in [-0.05, 0) is 24.0 Å². The normalized spacial score (nSPS) is 33.1. The first-order chi connectivity index (χ1) is 11.5. The first-order valence-electron chi connectivity index (χ1n) is 8.81. The van der Waals surface area contributed by atoms with E-state index in [0.29, 0.717) is 24.3 Å². The Labute approximate surface area is 147 Å². The zero-order valence-corrected chi connectivity index (χ0v) is 14.9. The summed E-state index contributed by atoms with van der Waals surface area (Å²) in [6.45, 7) is 3.51. The minimum Gasteiger partial charge on any atom is -0.342 e. The number of nitrogens with zero attached hydrogens (tertiary/aromatic N) is 2. The summed E-state index contributed by atoms with van der Waals surface area (Å²) < 4.78 is 0. The Bertz CT molecular complexity index is 680. The van der Waals surface area contributed by atoms with Crippen molar-refractivity contribution in [1.82, 2.24) is 9.80 Å². The van der Waals surface area contributed by atoms with E-state index in [-0.39, 0.29) is 23.7 Å². The van der Waals surface area contributed by atoms with E-state index in [9.17, 15) is 9.59 Å². The van der Waals surface area contributed by atoms with E-state index in [2.05, 4.69) is 0 Å². The van der Waals surface area contributed by atoms with E-state index in [1.165, 1.54) is 0 Å². The van der Waals surface area contributed by atoms with Gasteiger partial charge >= 0.3 is 0 Å². The molecule has 5 atom stereocenters. The van der Waals surface area contributed by atoms with Gasteiger partial charge in [0.2, 0.25) is 11.8 Å². The van der Waals surface area contributed by atoms with E-state index in [1.54, 1.807) is 0 Å². The summed E-state index contributed by atoms with van der Waals surface area (Å²) in [4.78, 5) is 28.5. The maximum atomic E-state index is 12.7. The summed E-state index contributed by atoms with van der Waals surface area (Å²) in [5.74, 6) is 1.81. The molecule has 1 heterocycles. The molecule has 1 aromatic carbocycles. The molecule has 3 fully saturated rings. The molecule has 0 aromatic heterocycles. The number of carbonyl (C=O) groups excluding carboxylic acids is 2. The van der Waals surface area contributed by atoms with Crippen LogP contribution >= 0.6 is 11.6 Å². The van der Waals surface area contributed by atoms with Gasteiger partial charge in [0.15, 0.2) is 0 Å². The number of piperidine rings is 1. The number of amides is 2. The summed E-state index contributed by atoms with van der Waals surface area (Å²) in [6, 6.07) is 8.18. The van der Waals surface area contributed by atoms with Crippen molar-refractivity contribution in [1.29, 1.82) is 0 Å². The number of benzene rings is 1. The third kappa shape index (κ3) is 2.52. The predicted molar refractivity (Wildman–Crippen MR) is 92.7 cm³/mol. The summed E-state index contributed by atoms with van der Waals surface area (Å²) in [7, 11) is 1.90. The summed E-state index contributed by atoms with van der Waals surface area (Å²) in [5, 5.41) is 0.766. The maximum Gasteiger partial charge on any atom is 0.226 e. The van der Waals surface area contributed by atoms with Gasteiger partial charge in [0.1, 0.15) is 0 Å². The number of hydrogen-bond acceptors (Lipinski definition) is 2. The molecule has 1 saturated heterocycles. The second-order valence-corrected chi connectivity index (χ2v) is 7.80. The van der Waals surface area contributed by atoms with Crippen LogP contribution < -0.4 is 0 Å². The van der Waals surface area contributed by atoms with Crippen LogP contribution in [-0.2, 0) is 9.59 Å². The summed E-state index contributed by atoms with van der Waals surface area (Å²) >= 11 is 6.25. The van der Waals surface area contributed by atoms with Crippen LogP contribution in [0.15, 0.2) is 24.3 Å². The van der Waals surface area contributed by atoms with Crippen LogP contribution in [-0.4, -0.2) is 47.8 Å². The highest BCUT2D eigenvalue weighted by molar-refractivity contribution is 6.31. The fraction of sp³-hybridized carbons (Fsp3) is 0.579. The second kappa shape index (κ2) is 5.76. The molecule has 1 unspecified atom stereocenters. The van der Waals surface area contributed by atoms with Gasteiger partial charge in [-0.15, -0.1) is 0 Å². The molecule has 5 heteroatoms. The molecule has 128 valence electrons. The van der Waals surface area contributed by atoms with Crippen molar-refractivity contribution in [2.45, 2.75) is 31.7 Å². The maximum absolute atomic E-state index is 12.7. The number of carbonyl (C=O) groups is 2. The zero-order chi connectivity index (χ0) is 17.0. The van der Waals surface area contributed by atoms with E-state index in [0.717, 1.165) is 30.1 Å². The van der Waals surface area contributed by atoms with Gasteiger partial charge in [0, 0.05) is 55.4 Å². The number of halogens is 1. The molecule has 0 bridgehead atoms. The third-order valence-electron chi connectivity index (χ3n) is 6.02. The Morgan fingerprint density at radius 1 is 1.25 bits per heavy atom. The van der Waals surface area contributed by atoms with Crippen molar-refractivity contribution < 1.29 is 9.59 Å². The highest BCUT2D eigenvalue weighted by Crippen LogP contribution is 2.53. The van der Waals surface area contributed by atoms with Crippen molar-refractivity contribution in [3.05, 3.63) is 34.9 Å². The smallest absolute Gasteiger partial charge is 0.226 e. The quantitative estimate of drug-likeness (QED) is 0.841. The molecule has 4 nitrogen and oxygen atoms in total. The standard InChI is InChI=1S/C19H23ClN2O2/c1-3-17(23)21(2)18-14-9-22(10-15(14)18)19(24)13-8-12(13)11-6-4-5-7-16(11)20/h4-7,12-15,18H,3,8-10H2,1-2H3/t12-,13+,14-,15+,18?/m0/s1. The number of hydrogen-bond donors (Lipinski definition) is 0. The monoisotopic (exact) mass is 346 g/mol. The van der Waals surface area contributed by atoms with Crippen LogP contribution in [0.1, 0.15) is 31.2 Å². The fourth-order valence-electron chi connectivity index (χ4n) is 4.49. The van der Waals surface area contributed by atoms with Gasteiger partial charge in [0.25, 0.3) is 0 Å². The lowest BCUT2D eigenvalue weighted by Crippen LogP contribution is -2.39. The molecule has 0 spiro atoms. The first-order valence-corrected chi connectivity index (χ1v) is 9.19. The number of rotatable bonds is 4. The molecule has 4 rings (SSSR count). The highest BCUT2D eigenvalue weighted by Gasteiger charge is 2.60. The van der Waals surface area contributed by atoms with E-state index in [4.69, 9.17) is 11.6 Å². The molecule has 3 aliphatic rings.